The lowest BCUT2D eigenvalue weighted by atomic mass is 10.0. The van der Waals surface area contributed by atoms with Gasteiger partial charge in [-0.15, -0.1) is 0 Å². The number of rotatable bonds is 7. The topological polar surface area (TPSA) is 88.0 Å². The molecule has 3 N–H and O–H groups in total. The second-order valence-electron chi connectivity index (χ2n) is 6.35. The van der Waals surface area contributed by atoms with Gasteiger partial charge < -0.3 is 25.0 Å². The Morgan fingerprint density at radius 3 is 2.30 bits per heavy atom. The predicted octanol–water partition coefficient (Wildman–Crippen LogP) is 4.28. The first-order valence-electron chi connectivity index (χ1n) is 9.00. The van der Waals surface area contributed by atoms with Gasteiger partial charge in [0, 0.05) is 24.1 Å². The van der Waals surface area contributed by atoms with E-state index in [0.29, 0.717) is 36.4 Å². The fourth-order valence-corrected chi connectivity index (χ4v) is 2.86. The smallest absolute Gasteiger partial charge is 0.407 e. The average molecular weight is 373 g/mol. The molecular weight excluding hydrogens is 346 g/mol. The molecule has 27 heavy (non-hydrogen) atoms. The number of phenolic OH excluding ortho intramolecular Hbond substituents is 2. The molecule has 1 amide bonds. The van der Waals surface area contributed by atoms with E-state index in [1.807, 2.05) is 37.3 Å². The molecule has 2 rings (SSSR count). The molecule has 1 atom stereocenters. The summed E-state index contributed by atoms with van der Waals surface area (Å²) in [5.74, 6) is 0.231. The van der Waals surface area contributed by atoms with Crippen molar-refractivity contribution in [3.8, 4) is 17.2 Å². The largest absolute Gasteiger partial charge is 0.504 e. The molecule has 0 bridgehead atoms. The number of alkyl carbamates (subject to hydrolysis) is 1. The number of carbonyl (C=O) groups excluding carboxylic acids is 1. The summed E-state index contributed by atoms with van der Waals surface area (Å²) < 4.78 is 11.1. The Bertz CT molecular complexity index is 760. The van der Waals surface area contributed by atoms with E-state index in [9.17, 15) is 15.0 Å². The van der Waals surface area contributed by atoms with E-state index in [1.165, 1.54) is 0 Å². The SMILES string of the molecule is CCOC(=O)NCCC(Oc1c(C)c(C)c(O)c(O)c1C)c1ccccc1. The van der Waals surface area contributed by atoms with E-state index in [0.717, 1.165) is 11.1 Å². The summed E-state index contributed by atoms with van der Waals surface area (Å²) in [7, 11) is 0. The molecule has 6 heteroatoms. The minimum Gasteiger partial charge on any atom is -0.504 e. The van der Waals surface area contributed by atoms with Gasteiger partial charge in [-0.05, 0) is 38.8 Å². The van der Waals surface area contributed by atoms with Crippen LogP contribution in [-0.2, 0) is 4.74 Å². The Balaban J connectivity index is 2.27. The van der Waals surface area contributed by atoms with Gasteiger partial charge >= 0.3 is 6.09 Å². The normalized spacial score (nSPS) is 11.7. The second-order valence-corrected chi connectivity index (χ2v) is 6.35. The van der Waals surface area contributed by atoms with Gasteiger partial charge in [0.2, 0.25) is 0 Å². The minimum absolute atomic E-state index is 0.127. The third kappa shape index (κ3) is 4.84. The minimum atomic E-state index is -0.463. The Kier molecular flexibility index (Phi) is 6.93. The molecule has 0 heterocycles. The molecule has 0 aliphatic heterocycles. The van der Waals surface area contributed by atoms with Gasteiger partial charge in [0.15, 0.2) is 11.5 Å². The van der Waals surface area contributed by atoms with Gasteiger partial charge in [0.1, 0.15) is 11.9 Å². The number of amides is 1. The van der Waals surface area contributed by atoms with Gasteiger partial charge in [-0.25, -0.2) is 4.79 Å². The first-order valence-corrected chi connectivity index (χ1v) is 9.00. The molecule has 2 aromatic rings. The van der Waals surface area contributed by atoms with Crippen LogP contribution in [0.5, 0.6) is 17.2 Å². The van der Waals surface area contributed by atoms with Gasteiger partial charge in [-0.3, -0.25) is 0 Å². The van der Waals surface area contributed by atoms with Crippen LogP contribution in [0.3, 0.4) is 0 Å². The van der Waals surface area contributed by atoms with Crippen molar-refractivity contribution in [1.82, 2.24) is 5.32 Å². The second kappa shape index (κ2) is 9.16. The number of ether oxygens (including phenoxy) is 2. The summed E-state index contributed by atoms with van der Waals surface area (Å²) in [4.78, 5) is 11.5. The number of hydrogen-bond acceptors (Lipinski definition) is 5. The van der Waals surface area contributed by atoms with Crippen molar-refractivity contribution in [3.63, 3.8) is 0 Å². The fraction of sp³-hybridized carbons (Fsp3) is 0.381. The molecule has 0 radical (unpaired) electrons. The number of phenols is 2. The number of carbonyl (C=O) groups is 1. The highest BCUT2D eigenvalue weighted by atomic mass is 16.5. The van der Waals surface area contributed by atoms with Crippen LogP contribution in [-0.4, -0.2) is 29.5 Å². The van der Waals surface area contributed by atoms with Crippen LogP contribution in [0.4, 0.5) is 4.79 Å². The standard InChI is InChI=1S/C21H27NO5/c1-5-26-21(25)22-12-11-17(16-9-7-6-8-10-16)27-20-14(3)13(2)18(23)19(24)15(20)4/h6-10,17,23-24H,5,11-12H2,1-4H3,(H,22,25). The lowest BCUT2D eigenvalue weighted by Crippen LogP contribution is -2.27. The summed E-state index contributed by atoms with van der Waals surface area (Å²) in [6.07, 6.45) is -0.286. The Morgan fingerprint density at radius 1 is 1.04 bits per heavy atom. The van der Waals surface area contributed by atoms with E-state index in [1.54, 1.807) is 20.8 Å². The summed E-state index contributed by atoms with van der Waals surface area (Å²) in [5, 5.41) is 22.9. The van der Waals surface area contributed by atoms with Crippen LogP contribution in [0.1, 0.15) is 41.7 Å². The predicted molar refractivity (Wildman–Crippen MR) is 103 cm³/mol. The van der Waals surface area contributed by atoms with Crippen LogP contribution in [0.25, 0.3) is 0 Å². The Morgan fingerprint density at radius 2 is 1.67 bits per heavy atom. The summed E-state index contributed by atoms with van der Waals surface area (Å²) in [6.45, 7) is 7.72. The van der Waals surface area contributed by atoms with E-state index in [2.05, 4.69) is 5.32 Å². The van der Waals surface area contributed by atoms with Crippen molar-refractivity contribution in [3.05, 3.63) is 52.6 Å². The molecule has 0 aromatic heterocycles. The molecule has 0 spiro atoms. The lowest BCUT2D eigenvalue weighted by Gasteiger charge is -2.24. The fourth-order valence-electron chi connectivity index (χ4n) is 2.86. The molecular formula is C21H27NO5. The Labute approximate surface area is 159 Å². The quantitative estimate of drug-likeness (QED) is 0.631. The van der Waals surface area contributed by atoms with Crippen molar-refractivity contribution in [1.29, 1.82) is 0 Å². The van der Waals surface area contributed by atoms with Gasteiger partial charge in [0.05, 0.1) is 6.61 Å². The first kappa shape index (κ1) is 20.4. The molecule has 0 aliphatic carbocycles. The first-order chi connectivity index (χ1) is 12.9. The maximum atomic E-state index is 11.5. The number of aromatic hydroxyl groups is 2. The highest BCUT2D eigenvalue weighted by Gasteiger charge is 2.21. The maximum Gasteiger partial charge on any atom is 0.407 e. The van der Waals surface area contributed by atoms with E-state index >= 15 is 0 Å². The molecule has 0 saturated carbocycles. The monoisotopic (exact) mass is 373 g/mol. The van der Waals surface area contributed by atoms with Crippen LogP contribution >= 0.6 is 0 Å². The van der Waals surface area contributed by atoms with E-state index < -0.39 is 6.09 Å². The van der Waals surface area contributed by atoms with Gasteiger partial charge in [-0.1, -0.05) is 30.3 Å². The molecule has 2 aromatic carbocycles. The number of hydrogen-bond donors (Lipinski definition) is 3. The molecule has 6 nitrogen and oxygen atoms in total. The third-order valence-corrected chi connectivity index (χ3v) is 4.56. The highest BCUT2D eigenvalue weighted by molar-refractivity contribution is 5.67. The van der Waals surface area contributed by atoms with Crippen molar-refractivity contribution < 1.29 is 24.5 Å². The molecule has 0 aliphatic rings. The zero-order valence-electron chi connectivity index (χ0n) is 16.2. The molecule has 146 valence electrons. The zero-order chi connectivity index (χ0) is 20.0. The van der Waals surface area contributed by atoms with Crippen molar-refractivity contribution in [2.24, 2.45) is 0 Å². The van der Waals surface area contributed by atoms with Crippen LogP contribution in [0.15, 0.2) is 30.3 Å². The van der Waals surface area contributed by atoms with E-state index in [-0.39, 0.29) is 17.6 Å². The molecule has 0 fully saturated rings. The summed E-state index contributed by atoms with van der Waals surface area (Å²) >= 11 is 0. The van der Waals surface area contributed by atoms with E-state index in [4.69, 9.17) is 9.47 Å². The summed E-state index contributed by atoms with van der Waals surface area (Å²) in [6, 6.07) is 9.66. The zero-order valence-corrected chi connectivity index (χ0v) is 16.2. The lowest BCUT2D eigenvalue weighted by molar-refractivity contribution is 0.147. The summed E-state index contributed by atoms with van der Waals surface area (Å²) in [5.41, 5.74) is 2.77. The number of benzene rings is 2. The van der Waals surface area contributed by atoms with Gasteiger partial charge in [-0.2, -0.15) is 0 Å². The average Bonchev–Trinajstić information content (AvgIpc) is 2.67. The van der Waals surface area contributed by atoms with Crippen LogP contribution in [0.2, 0.25) is 0 Å². The van der Waals surface area contributed by atoms with Crippen LogP contribution in [0, 0.1) is 20.8 Å². The molecule has 0 saturated heterocycles. The number of nitrogens with one attached hydrogen (secondary N) is 1. The van der Waals surface area contributed by atoms with Gasteiger partial charge in [0.25, 0.3) is 0 Å². The third-order valence-electron chi connectivity index (χ3n) is 4.56. The van der Waals surface area contributed by atoms with Crippen molar-refractivity contribution >= 4 is 6.09 Å². The maximum absolute atomic E-state index is 11.5. The van der Waals surface area contributed by atoms with Crippen molar-refractivity contribution in [2.45, 2.75) is 40.2 Å². The molecule has 1 unspecified atom stereocenters. The van der Waals surface area contributed by atoms with Crippen molar-refractivity contribution in [2.75, 3.05) is 13.2 Å². The van der Waals surface area contributed by atoms with Crippen LogP contribution < -0.4 is 10.1 Å². The Hall–Kier alpha value is -2.89. The highest BCUT2D eigenvalue weighted by Crippen LogP contribution is 2.43.